The number of carbonyl (C=O) groups excluding carboxylic acids is 1. The molecule has 150 valence electrons. The van der Waals surface area contributed by atoms with Gasteiger partial charge < -0.3 is 0 Å². The first-order chi connectivity index (χ1) is 14.4. The van der Waals surface area contributed by atoms with Gasteiger partial charge in [-0.05, 0) is 36.1 Å². The van der Waals surface area contributed by atoms with E-state index < -0.39 is 0 Å². The third kappa shape index (κ3) is 3.71. The highest BCUT2D eigenvalue weighted by Crippen LogP contribution is 2.40. The van der Waals surface area contributed by atoms with Gasteiger partial charge >= 0.3 is 0 Å². The fourth-order valence-electron chi connectivity index (χ4n) is 3.76. The second kappa shape index (κ2) is 7.75. The van der Waals surface area contributed by atoms with E-state index in [2.05, 4.69) is 50.3 Å². The highest BCUT2D eigenvalue weighted by molar-refractivity contribution is 6.09. The largest absolute Gasteiger partial charge is 0.297 e. The van der Waals surface area contributed by atoms with E-state index in [0.29, 0.717) is 5.56 Å². The molecule has 0 N–H and O–H groups in total. The van der Waals surface area contributed by atoms with Gasteiger partial charge in [-0.15, -0.1) is 0 Å². The fourth-order valence-corrected chi connectivity index (χ4v) is 3.76. The van der Waals surface area contributed by atoms with Crippen LogP contribution in [0, 0.1) is 12.3 Å². The van der Waals surface area contributed by atoms with Gasteiger partial charge in [-0.25, -0.2) is 4.98 Å². The average molecular weight is 395 g/mol. The van der Waals surface area contributed by atoms with Crippen molar-refractivity contribution in [1.82, 2.24) is 9.38 Å². The summed E-state index contributed by atoms with van der Waals surface area (Å²) in [6.45, 7) is 8.50. The maximum Gasteiger partial charge on any atom is 0.186 e. The predicted octanol–water partition coefficient (Wildman–Crippen LogP) is 6.62. The van der Waals surface area contributed by atoms with Crippen LogP contribution in [0.2, 0.25) is 0 Å². The molecule has 0 aliphatic carbocycles. The standard InChI is InChI=1S/C27H26N2O/c1-19-12-11-17-24-28-25(21-15-9-6-10-16-21)26(29(19)24)22(27(2,3)4)18-23(30)20-13-7-5-8-14-20/h5-18H,1-4H3/b22-18+. The molecule has 3 heteroatoms. The first-order valence-electron chi connectivity index (χ1n) is 10.2. The average Bonchev–Trinajstić information content (AvgIpc) is 3.13. The van der Waals surface area contributed by atoms with Crippen molar-refractivity contribution in [1.29, 1.82) is 0 Å². The smallest absolute Gasteiger partial charge is 0.186 e. The minimum atomic E-state index is -0.258. The van der Waals surface area contributed by atoms with Crippen molar-refractivity contribution in [3.8, 4) is 11.3 Å². The Kier molecular flexibility index (Phi) is 5.13. The van der Waals surface area contributed by atoms with Gasteiger partial charge in [-0.2, -0.15) is 0 Å². The lowest BCUT2D eigenvalue weighted by Gasteiger charge is -2.24. The number of fused-ring (bicyclic) bond motifs is 1. The number of benzene rings is 2. The van der Waals surface area contributed by atoms with Crippen LogP contribution in [0.15, 0.2) is 84.9 Å². The zero-order chi connectivity index (χ0) is 21.3. The van der Waals surface area contributed by atoms with Gasteiger partial charge in [-0.1, -0.05) is 87.5 Å². The fraction of sp³-hybridized carbons (Fsp3) is 0.185. The molecule has 0 aliphatic heterocycles. The number of imidazole rings is 1. The zero-order valence-electron chi connectivity index (χ0n) is 17.9. The first-order valence-corrected chi connectivity index (χ1v) is 10.2. The number of hydrogen-bond acceptors (Lipinski definition) is 2. The molecule has 4 rings (SSSR count). The van der Waals surface area contributed by atoms with Crippen molar-refractivity contribution < 1.29 is 4.79 Å². The van der Waals surface area contributed by atoms with Gasteiger partial charge in [0, 0.05) is 16.8 Å². The van der Waals surface area contributed by atoms with Crippen LogP contribution in [-0.4, -0.2) is 15.2 Å². The van der Waals surface area contributed by atoms with Crippen molar-refractivity contribution >= 4 is 17.0 Å². The molecule has 0 spiro atoms. The minimum Gasteiger partial charge on any atom is -0.297 e. The zero-order valence-corrected chi connectivity index (χ0v) is 17.9. The molecule has 0 fully saturated rings. The van der Waals surface area contributed by atoms with Gasteiger partial charge in [0.2, 0.25) is 0 Å². The SMILES string of the molecule is Cc1cccc2nc(-c3ccccc3)c(/C(=C\C(=O)c3ccccc3)C(C)(C)C)n12. The van der Waals surface area contributed by atoms with Crippen molar-refractivity contribution in [3.63, 3.8) is 0 Å². The summed E-state index contributed by atoms with van der Waals surface area (Å²) in [5.74, 6) is 0.00284. The van der Waals surface area contributed by atoms with E-state index in [4.69, 9.17) is 4.98 Å². The summed E-state index contributed by atoms with van der Waals surface area (Å²) in [5, 5.41) is 0. The Bertz CT molecular complexity index is 1230. The van der Waals surface area contributed by atoms with Crippen LogP contribution in [0.4, 0.5) is 0 Å². The third-order valence-electron chi connectivity index (χ3n) is 5.28. The molecule has 0 bridgehead atoms. The molecule has 3 nitrogen and oxygen atoms in total. The molecule has 2 aromatic carbocycles. The number of allylic oxidation sites excluding steroid dienone is 2. The van der Waals surface area contributed by atoms with E-state index in [1.165, 1.54) is 0 Å². The van der Waals surface area contributed by atoms with E-state index >= 15 is 0 Å². The van der Waals surface area contributed by atoms with Gasteiger partial charge in [-0.3, -0.25) is 9.20 Å². The monoisotopic (exact) mass is 394 g/mol. The topological polar surface area (TPSA) is 34.4 Å². The number of carbonyl (C=O) groups is 1. The molecular weight excluding hydrogens is 368 g/mol. The molecule has 2 aromatic heterocycles. The lowest BCUT2D eigenvalue weighted by atomic mass is 9.82. The number of pyridine rings is 1. The van der Waals surface area contributed by atoms with E-state index in [-0.39, 0.29) is 11.2 Å². The highest BCUT2D eigenvalue weighted by Gasteiger charge is 2.27. The van der Waals surface area contributed by atoms with Crippen LogP contribution in [0.3, 0.4) is 0 Å². The number of hydrogen-bond donors (Lipinski definition) is 0. The van der Waals surface area contributed by atoms with Gasteiger partial charge in [0.05, 0.1) is 11.4 Å². The predicted molar refractivity (Wildman–Crippen MR) is 124 cm³/mol. The summed E-state index contributed by atoms with van der Waals surface area (Å²) in [7, 11) is 0. The van der Waals surface area contributed by atoms with E-state index in [0.717, 1.165) is 33.9 Å². The molecule has 4 aromatic rings. The molecule has 0 saturated heterocycles. The summed E-state index contributed by atoms with van der Waals surface area (Å²) in [5.41, 5.74) is 6.27. The molecular formula is C27H26N2O. The Morgan fingerprint density at radius 2 is 1.50 bits per heavy atom. The quantitative estimate of drug-likeness (QED) is 0.288. The Morgan fingerprint density at radius 1 is 0.867 bits per heavy atom. The summed E-state index contributed by atoms with van der Waals surface area (Å²) in [4.78, 5) is 18.1. The maximum absolute atomic E-state index is 13.2. The molecule has 2 heterocycles. The van der Waals surface area contributed by atoms with Crippen molar-refractivity contribution in [2.75, 3.05) is 0 Å². The third-order valence-corrected chi connectivity index (χ3v) is 5.28. The molecule has 0 amide bonds. The highest BCUT2D eigenvalue weighted by atomic mass is 16.1. The Balaban J connectivity index is 2.03. The number of nitrogens with zero attached hydrogens (tertiary/aromatic N) is 2. The van der Waals surface area contributed by atoms with Crippen molar-refractivity contribution in [2.45, 2.75) is 27.7 Å². The van der Waals surface area contributed by atoms with Crippen LogP contribution >= 0.6 is 0 Å². The number of rotatable bonds is 4. The van der Waals surface area contributed by atoms with E-state index in [1.54, 1.807) is 6.08 Å². The summed E-state index contributed by atoms with van der Waals surface area (Å²) >= 11 is 0. The molecule has 0 atom stereocenters. The van der Waals surface area contributed by atoms with Crippen molar-refractivity contribution in [2.24, 2.45) is 5.41 Å². The Hall–Kier alpha value is -3.46. The van der Waals surface area contributed by atoms with Gasteiger partial charge in [0.1, 0.15) is 5.65 Å². The van der Waals surface area contributed by atoms with Crippen LogP contribution < -0.4 is 0 Å². The van der Waals surface area contributed by atoms with Crippen LogP contribution in [0.25, 0.3) is 22.5 Å². The second-order valence-corrected chi connectivity index (χ2v) is 8.57. The second-order valence-electron chi connectivity index (χ2n) is 8.57. The molecule has 0 saturated carbocycles. The number of aryl methyl sites for hydroxylation is 1. The minimum absolute atomic E-state index is 0.00284. The molecule has 0 aliphatic rings. The molecule has 0 radical (unpaired) electrons. The number of ketones is 1. The lowest BCUT2D eigenvalue weighted by Crippen LogP contribution is -2.14. The summed E-state index contributed by atoms with van der Waals surface area (Å²) in [6, 6.07) is 25.7. The van der Waals surface area contributed by atoms with Crippen molar-refractivity contribution in [3.05, 3.63) is 102 Å². The van der Waals surface area contributed by atoms with E-state index in [9.17, 15) is 4.79 Å². The Labute approximate surface area is 177 Å². The van der Waals surface area contributed by atoms with Crippen LogP contribution in [0.5, 0.6) is 0 Å². The molecule has 30 heavy (non-hydrogen) atoms. The van der Waals surface area contributed by atoms with Gasteiger partial charge in [0.15, 0.2) is 5.78 Å². The summed E-state index contributed by atoms with van der Waals surface area (Å²) in [6.07, 6.45) is 1.79. The van der Waals surface area contributed by atoms with Crippen LogP contribution in [-0.2, 0) is 0 Å². The normalized spacial score (nSPS) is 12.3. The van der Waals surface area contributed by atoms with Crippen LogP contribution in [0.1, 0.15) is 42.5 Å². The van der Waals surface area contributed by atoms with E-state index in [1.807, 2.05) is 60.7 Å². The Morgan fingerprint density at radius 3 is 2.13 bits per heavy atom. The lowest BCUT2D eigenvalue weighted by molar-refractivity contribution is 0.104. The maximum atomic E-state index is 13.2. The summed E-state index contributed by atoms with van der Waals surface area (Å²) < 4.78 is 2.16. The molecule has 0 unspecified atom stereocenters. The van der Waals surface area contributed by atoms with Gasteiger partial charge in [0.25, 0.3) is 0 Å². The number of aromatic nitrogens is 2. The first kappa shape index (κ1) is 19.8.